The summed E-state index contributed by atoms with van der Waals surface area (Å²) in [5.74, 6) is -1.20. The summed E-state index contributed by atoms with van der Waals surface area (Å²) in [6, 6.07) is -2.50. The molecule has 1 heterocycles. The van der Waals surface area contributed by atoms with E-state index in [-0.39, 0.29) is 23.9 Å². The lowest BCUT2D eigenvalue weighted by molar-refractivity contribution is -0.147. The fourth-order valence-corrected chi connectivity index (χ4v) is 4.49. The normalized spacial score (nSPS) is 20.6. The van der Waals surface area contributed by atoms with Crippen LogP contribution in [0.5, 0.6) is 0 Å². The molecule has 3 N–H and O–H groups in total. The van der Waals surface area contributed by atoms with Gasteiger partial charge in [0.2, 0.25) is 11.8 Å². The average molecular weight is 465 g/mol. The first-order valence-electron chi connectivity index (χ1n) is 11.9. The van der Waals surface area contributed by atoms with Crippen LogP contribution in [0.1, 0.15) is 72.1 Å². The van der Waals surface area contributed by atoms with E-state index in [1.807, 2.05) is 20.8 Å². The molecule has 1 saturated carbocycles. The molecule has 2 rings (SSSR count). The minimum atomic E-state index is -0.799. The second-order valence-electron chi connectivity index (χ2n) is 10.0. The van der Waals surface area contributed by atoms with Crippen LogP contribution in [0.15, 0.2) is 12.7 Å². The molecule has 2 aliphatic rings. The third kappa shape index (κ3) is 7.47. The third-order valence-electron chi connectivity index (χ3n) is 6.38. The van der Waals surface area contributed by atoms with Crippen molar-refractivity contribution in [2.45, 2.75) is 96.3 Å². The fourth-order valence-electron chi connectivity index (χ4n) is 4.49. The Balaban J connectivity index is 2.09. The van der Waals surface area contributed by atoms with Gasteiger partial charge in [-0.25, -0.2) is 9.59 Å². The van der Waals surface area contributed by atoms with Crippen molar-refractivity contribution in [1.29, 1.82) is 0 Å². The van der Waals surface area contributed by atoms with Crippen molar-refractivity contribution >= 4 is 23.8 Å². The van der Waals surface area contributed by atoms with Crippen LogP contribution in [-0.4, -0.2) is 66.5 Å². The van der Waals surface area contributed by atoms with Gasteiger partial charge in [-0.05, 0) is 43.9 Å². The molecule has 0 bridgehead atoms. The number of nitrogens with one attached hydrogen (secondary N) is 3. The number of hydrogen-bond acceptors (Lipinski definition) is 5. The lowest BCUT2D eigenvalue weighted by Gasteiger charge is -2.35. The Labute approximate surface area is 197 Å². The van der Waals surface area contributed by atoms with Gasteiger partial charge in [-0.2, -0.15) is 0 Å². The quantitative estimate of drug-likeness (QED) is 0.357. The van der Waals surface area contributed by atoms with Gasteiger partial charge >= 0.3 is 12.0 Å². The zero-order chi connectivity index (χ0) is 24.6. The molecule has 1 saturated heterocycles. The van der Waals surface area contributed by atoms with Crippen LogP contribution >= 0.6 is 0 Å². The maximum atomic E-state index is 13.5. The Bertz CT molecular complexity index is 727. The maximum Gasteiger partial charge on any atom is 0.328 e. The molecular formula is C24H40N4O5. The standard InChI is InChI=1S/C24H40N4O5/c1-6-7-13-17(22(31)33-5)26-20(29)18-14-10-15-28(18)21(30)19(24(2,3)4)27-23(32)25-16-11-8-9-12-16/h6,16-19H,1,7-15H2,2-5H3,(H,26,29)(H2,25,27,32)/t17?,18-,19+/m0/s1. The summed E-state index contributed by atoms with van der Waals surface area (Å²) in [5.41, 5.74) is -0.549. The molecule has 3 atom stereocenters. The van der Waals surface area contributed by atoms with Crippen molar-refractivity contribution in [3.05, 3.63) is 12.7 Å². The van der Waals surface area contributed by atoms with E-state index in [1.165, 1.54) is 12.0 Å². The van der Waals surface area contributed by atoms with Crippen LogP contribution in [-0.2, 0) is 19.1 Å². The number of methoxy groups -OCH3 is 1. The molecule has 2 fully saturated rings. The van der Waals surface area contributed by atoms with E-state index < -0.39 is 29.5 Å². The number of esters is 1. The van der Waals surface area contributed by atoms with Crippen LogP contribution in [0.3, 0.4) is 0 Å². The molecule has 0 aromatic rings. The minimum Gasteiger partial charge on any atom is -0.467 e. The number of amides is 4. The molecule has 0 aromatic heterocycles. The topological polar surface area (TPSA) is 117 Å². The third-order valence-corrected chi connectivity index (χ3v) is 6.38. The van der Waals surface area contributed by atoms with E-state index in [0.29, 0.717) is 32.2 Å². The first-order chi connectivity index (χ1) is 15.6. The summed E-state index contributed by atoms with van der Waals surface area (Å²) in [6.07, 6.45) is 7.83. The average Bonchev–Trinajstić information content (AvgIpc) is 3.45. The van der Waals surface area contributed by atoms with Crippen molar-refractivity contribution in [3.63, 3.8) is 0 Å². The first kappa shape index (κ1) is 26.7. The predicted octanol–water partition coefficient (Wildman–Crippen LogP) is 2.26. The Kier molecular flexibility index (Phi) is 9.73. The molecule has 1 unspecified atom stereocenters. The van der Waals surface area contributed by atoms with Crippen LogP contribution in [0.2, 0.25) is 0 Å². The van der Waals surface area contributed by atoms with E-state index in [0.717, 1.165) is 25.7 Å². The molecule has 33 heavy (non-hydrogen) atoms. The molecule has 1 aliphatic heterocycles. The number of urea groups is 1. The molecule has 1 aliphatic carbocycles. The molecule has 9 heteroatoms. The largest absolute Gasteiger partial charge is 0.467 e. The zero-order valence-electron chi connectivity index (χ0n) is 20.4. The predicted molar refractivity (Wildman–Crippen MR) is 125 cm³/mol. The van der Waals surface area contributed by atoms with Crippen LogP contribution in [0.25, 0.3) is 0 Å². The molecule has 0 radical (unpaired) electrons. The van der Waals surface area contributed by atoms with Crippen LogP contribution in [0, 0.1) is 5.41 Å². The smallest absolute Gasteiger partial charge is 0.328 e. The van der Waals surface area contributed by atoms with Gasteiger partial charge in [0.1, 0.15) is 18.1 Å². The van der Waals surface area contributed by atoms with Crippen molar-refractivity contribution in [1.82, 2.24) is 20.9 Å². The van der Waals surface area contributed by atoms with Crippen LogP contribution < -0.4 is 16.0 Å². The van der Waals surface area contributed by atoms with E-state index in [9.17, 15) is 19.2 Å². The van der Waals surface area contributed by atoms with Gasteiger partial charge in [-0.1, -0.05) is 39.7 Å². The Morgan fingerprint density at radius 3 is 2.33 bits per heavy atom. The lowest BCUT2D eigenvalue weighted by atomic mass is 9.85. The van der Waals surface area contributed by atoms with Crippen molar-refractivity contribution in [2.75, 3.05) is 13.7 Å². The summed E-state index contributed by atoms with van der Waals surface area (Å²) < 4.78 is 4.81. The molecule has 0 aromatic carbocycles. The van der Waals surface area contributed by atoms with Gasteiger partial charge in [0.25, 0.3) is 0 Å². The SMILES string of the molecule is C=CCCC(NC(=O)[C@@H]1CCCN1C(=O)[C@@H](NC(=O)NC1CCCC1)C(C)(C)C)C(=O)OC. The number of rotatable bonds is 9. The van der Waals surface area contributed by atoms with Gasteiger partial charge in [0.15, 0.2) is 0 Å². The highest BCUT2D eigenvalue weighted by Crippen LogP contribution is 2.26. The van der Waals surface area contributed by atoms with E-state index >= 15 is 0 Å². The Hall–Kier alpha value is -2.58. The molecule has 0 spiro atoms. The van der Waals surface area contributed by atoms with Gasteiger partial charge in [0.05, 0.1) is 7.11 Å². The van der Waals surface area contributed by atoms with Gasteiger partial charge in [-0.3, -0.25) is 9.59 Å². The summed E-state index contributed by atoms with van der Waals surface area (Å²) in [4.78, 5) is 52.8. The number of hydrogen-bond donors (Lipinski definition) is 3. The van der Waals surface area contributed by atoms with Crippen LogP contribution in [0.4, 0.5) is 4.79 Å². The Morgan fingerprint density at radius 1 is 1.09 bits per heavy atom. The van der Waals surface area contributed by atoms with Crippen molar-refractivity contribution in [2.24, 2.45) is 5.41 Å². The highest BCUT2D eigenvalue weighted by molar-refractivity contribution is 5.94. The van der Waals surface area contributed by atoms with Gasteiger partial charge < -0.3 is 25.6 Å². The fraction of sp³-hybridized carbons (Fsp3) is 0.750. The van der Waals surface area contributed by atoms with Crippen molar-refractivity contribution in [3.8, 4) is 0 Å². The second kappa shape index (κ2) is 12.0. The van der Waals surface area contributed by atoms with Gasteiger partial charge in [-0.15, -0.1) is 6.58 Å². The van der Waals surface area contributed by atoms with E-state index in [2.05, 4.69) is 22.5 Å². The molecule has 9 nitrogen and oxygen atoms in total. The monoisotopic (exact) mass is 464 g/mol. The first-order valence-corrected chi connectivity index (χ1v) is 11.9. The molecule has 186 valence electrons. The Morgan fingerprint density at radius 2 is 1.76 bits per heavy atom. The maximum absolute atomic E-state index is 13.5. The van der Waals surface area contributed by atoms with E-state index in [4.69, 9.17) is 4.74 Å². The summed E-state index contributed by atoms with van der Waals surface area (Å²) in [5, 5.41) is 8.56. The minimum absolute atomic E-state index is 0.136. The van der Waals surface area contributed by atoms with Gasteiger partial charge in [0, 0.05) is 12.6 Å². The highest BCUT2D eigenvalue weighted by atomic mass is 16.5. The zero-order valence-corrected chi connectivity index (χ0v) is 20.4. The molecular weight excluding hydrogens is 424 g/mol. The number of nitrogens with zero attached hydrogens (tertiary/aromatic N) is 1. The number of ether oxygens (including phenoxy) is 1. The number of carbonyl (C=O) groups excluding carboxylic acids is 4. The summed E-state index contributed by atoms with van der Waals surface area (Å²) in [7, 11) is 1.27. The van der Waals surface area contributed by atoms with E-state index in [1.54, 1.807) is 6.08 Å². The summed E-state index contributed by atoms with van der Waals surface area (Å²) >= 11 is 0. The second-order valence-corrected chi connectivity index (χ2v) is 10.0. The highest BCUT2D eigenvalue weighted by Gasteiger charge is 2.42. The summed E-state index contributed by atoms with van der Waals surface area (Å²) in [6.45, 7) is 9.74. The number of carbonyl (C=O) groups is 4. The molecule has 4 amide bonds. The van der Waals surface area contributed by atoms with Crippen molar-refractivity contribution < 1.29 is 23.9 Å². The number of allylic oxidation sites excluding steroid dienone is 1. The number of likely N-dealkylation sites (tertiary alicyclic amines) is 1. The lowest BCUT2D eigenvalue weighted by Crippen LogP contribution is -2.60.